The van der Waals surface area contributed by atoms with Crippen LogP contribution in [0.2, 0.25) is 0 Å². The molecule has 5 nitrogen and oxygen atoms in total. The molecule has 4 N–H and O–H groups in total. The van der Waals surface area contributed by atoms with Gasteiger partial charge >= 0.3 is 0 Å². The number of nitrogens with zero attached hydrogens (tertiary/aromatic N) is 1. The number of rotatable bonds is 4. The third-order valence-electron chi connectivity index (χ3n) is 3.26. The molecule has 2 rings (SSSR count). The van der Waals surface area contributed by atoms with E-state index in [-0.39, 0.29) is 11.6 Å². The molecule has 96 valence electrons. The third kappa shape index (κ3) is 2.14. The van der Waals surface area contributed by atoms with Crippen molar-refractivity contribution in [3.05, 3.63) is 10.4 Å². The molecule has 2 atom stereocenters. The fraction of sp³-hybridized carbons (Fsp3) is 0.500. The van der Waals surface area contributed by atoms with Crippen molar-refractivity contribution in [2.75, 3.05) is 18.1 Å². The predicted octanol–water partition coefficient (Wildman–Crippen LogP) is 1.77. The first kappa shape index (κ1) is 12.7. The number of nitriles is 1. The van der Waals surface area contributed by atoms with Gasteiger partial charge in [-0.3, -0.25) is 4.79 Å². The number of nitrogens with two attached hydrogens (primary N) is 1. The first-order valence-corrected chi connectivity index (χ1v) is 6.75. The SMILES string of the molecule is CCC1CC1Nc1sc(C#N)c(N)c1C(=O)NC. The average molecular weight is 264 g/mol. The number of carbonyl (C=O) groups excluding carboxylic acids is 1. The number of hydrogen-bond acceptors (Lipinski definition) is 5. The molecule has 0 bridgehead atoms. The van der Waals surface area contributed by atoms with E-state index in [0.29, 0.717) is 27.4 Å². The van der Waals surface area contributed by atoms with Crippen molar-refractivity contribution in [2.24, 2.45) is 5.92 Å². The van der Waals surface area contributed by atoms with Gasteiger partial charge in [0, 0.05) is 13.1 Å². The summed E-state index contributed by atoms with van der Waals surface area (Å²) in [6.07, 6.45) is 2.24. The van der Waals surface area contributed by atoms with Crippen LogP contribution >= 0.6 is 11.3 Å². The lowest BCUT2D eigenvalue weighted by Crippen LogP contribution is -2.20. The monoisotopic (exact) mass is 264 g/mol. The Morgan fingerprint density at radius 1 is 1.67 bits per heavy atom. The van der Waals surface area contributed by atoms with E-state index >= 15 is 0 Å². The van der Waals surface area contributed by atoms with Crippen molar-refractivity contribution in [1.29, 1.82) is 5.26 Å². The van der Waals surface area contributed by atoms with Gasteiger partial charge in [0.25, 0.3) is 5.91 Å². The van der Waals surface area contributed by atoms with Crippen molar-refractivity contribution in [2.45, 2.75) is 25.8 Å². The Balaban J connectivity index is 2.28. The largest absolute Gasteiger partial charge is 0.396 e. The zero-order valence-corrected chi connectivity index (χ0v) is 11.2. The molecule has 0 aromatic carbocycles. The minimum atomic E-state index is -0.249. The van der Waals surface area contributed by atoms with Gasteiger partial charge < -0.3 is 16.4 Å². The number of nitrogen functional groups attached to an aromatic ring is 1. The standard InChI is InChI=1S/C12H16N4OS/c1-3-6-4-7(6)16-12-9(11(17)15-2)10(14)8(5-13)18-12/h6-7,16H,3-4,14H2,1-2H3,(H,15,17). The highest BCUT2D eigenvalue weighted by Gasteiger charge is 2.36. The lowest BCUT2D eigenvalue weighted by molar-refractivity contribution is 0.0965. The molecule has 0 radical (unpaired) electrons. The van der Waals surface area contributed by atoms with Crippen LogP contribution in [-0.4, -0.2) is 19.0 Å². The van der Waals surface area contributed by atoms with E-state index in [9.17, 15) is 4.79 Å². The smallest absolute Gasteiger partial charge is 0.256 e. The van der Waals surface area contributed by atoms with E-state index < -0.39 is 0 Å². The van der Waals surface area contributed by atoms with Crippen molar-refractivity contribution in [3.63, 3.8) is 0 Å². The highest BCUT2D eigenvalue weighted by molar-refractivity contribution is 7.17. The van der Waals surface area contributed by atoms with Gasteiger partial charge in [-0.15, -0.1) is 11.3 Å². The third-order valence-corrected chi connectivity index (χ3v) is 4.31. The number of nitrogens with one attached hydrogen (secondary N) is 2. The maximum Gasteiger partial charge on any atom is 0.256 e. The molecule has 1 saturated carbocycles. The Morgan fingerprint density at radius 2 is 2.39 bits per heavy atom. The summed E-state index contributed by atoms with van der Waals surface area (Å²) in [4.78, 5) is 12.2. The first-order chi connectivity index (χ1) is 8.62. The Bertz CT molecular complexity index is 517. The van der Waals surface area contributed by atoms with Crippen LogP contribution in [0.4, 0.5) is 10.7 Å². The molecule has 1 aliphatic carbocycles. The van der Waals surface area contributed by atoms with E-state index in [2.05, 4.69) is 17.6 Å². The number of amides is 1. The van der Waals surface area contributed by atoms with Gasteiger partial charge in [-0.1, -0.05) is 13.3 Å². The quantitative estimate of drug-likeness (QED) is 0.773. The zero-order chi connectivity index (χ0) is 13.3. The van der Waals surface area contributed by atoms with Gasteiger partial charge in [0.1, 0.15) is 15.9 Å². The minimum absolute atomic E-state index is 0.249. The Hall–Kier alpha value is -1.74. The van der Waals surface area contributed by atoms with Crippen LogP contribution in [0, 0.1) is 17.2 Å². The van der Waals surface area contributed by atoms with Gasteiger partial charge in [-0.05, 0) is 12.3 Å². The van der Waals surface area contributed by atoms with E-state index in [1.807, 2.05) is 6.07 Å². The molecule has 2 unspecified atom stereocenters. The van der Waals surface area contributed by atoms with E-state index in [1.165, 1.54) is 11.3 Å². The lowest BCUT2D eigenvalue weighted by atomic mass is 10.2. The summed E-state index contributed by atoms with van der Waals surface area (Å²) >= 11 is 1.25. The highest BCUT2D eigenvalue weighted by atomic mass is 32.1. The topological polar surface area (TPSA) is 90.9 Å². The fourth-order valence-corrected chi connectivity index (χ4v) is 3.00. The minimum Gasteiger partial charge on any atom is -0.396 e. The van der Waals surface area contributed by atoms with Crippen LogP contribution in [0.3, 0.4) is 0 Å². The summed E-state index contributed by atoms with van der Waals surface area (Å²) in [5, 5.41) is 15.6. The van der Waals surface area contributed by atoms with Crippen LogP contribution in [0.5, 0.6) is 0 Å². The number of anilines is 2. The van der Waals surface area contributed by atoms with Crippen LogP contribution in [-0.2, 0) is 0 Å². The van der Waals surface area contributed by atoms with Crippen LogP contribution in [0.15, 0.2) is 0 Å². The van der Waals surface area contributed by atoms with Crippen molar-refractivity contribution in [1.82, 2.24) is 5.32 Å². The summed E-state index contributed by atoms with van der Waals surface area (Å²) in [6.45, 7) is 2.15. The highest BCUT2D eigenvalue weighted by Crippen LogP contribution is 2.41. The second kappa shape index (κ2) is 4.86. The first-order valence-electron chi connectivity index (χ1n) is 5.93. The van der Waals surface area contributed by atoms with E-state index in [1.54, 1.807) is 7.05 Å². The van der Waals surface area contributed by atoms with Crippen LogP contribution in [0.25, 0.3) is 0 Å². The molecule has 1 aliphatic rings. The molecule has 0 aliphatic heterocycles. The zero-order valence-electron chi connectivity index (χ0n) is 10.4. The Labute approximate surface area is 110 Å². The molecule has 18 heavy (non-hydrogen) atoms. The molecular formula is C12H16N4OS. The van der Waals surface area contributed by atoms with Gasteiger partial charge in [-0.25, -0.2) is 0 Å². The van der Waals surface area contributed by atoms with Crippen molar-refractivity contribution in [3.8, 4) is 6.07 Å². The molecule has 1 amide bonds. The second-order valence-corrected chi connectivity index (χ2v) is 5.42. The molecule has 0 spiro atoms. The normalized spacial score (nSPS) is 21.2. The Morgan fingerprint density at radius 3 is 2.89 bits per heavy atom. The van der Waals surface area contributed by atoms with Crippen molar-refractivity contribution >= 4 is 27.9 Å². The van der Waals surface area contributed by atoms with Gasteiger partial charge in [-0.2, -0.15) is 5.26 Å². The second-order valence-electron chi connectivity index (χ2n) is 4.39. The van der Waals surface area contributed by atoms with Crippen LogP contribution < -0.4 is 16.4 Å². The van der Waals surface area contributed by atoms with Gasteiger partial charge in [0.2, 0.25) is 0 Å². The van der Waals surface area contributed by atoms with Crippen LogP contribution in [0.1, 0.15) is 35.0 Å². The number of carbonyl (C=O) groups is 1. The molecule has 6 heteroatoms. The summed E-state index contributed by atoms with van der Waals surface area (Å²) in [6, 6.07) is 2.43. The number of hydrogen-bond donors (Lipinski definition) is 3. The summed E-state index contributed by atoms with van der Waals surface area (Å²) in [7, 11) is 1.56. The van der Waals surface area contributed by atoms with Gasteiger partial charge in [0.05, 0.1) is 11.3 Å². The molecule has 1 aromatic rings. The maximum atomic E-state index is 11.8. The predicted molar refractivity (Wildman–Crippen MR) is 72.6 cm³/mol. The van der Waals surface area contributed by atoms with Crippen molar-refractivity contribution < 1.29 is 4.79 Å². The van der Waals surface area contributed by atoms with E-state index in [4.69, 9.17) is 11.0 Å². The molecule has 1 aromatic heterocycles. The fourth-order valence-electron chi connectivity index (χ4n) is 2.02. The van der Waals surface area contributed by atoms with Gasteiger partial charge in [0.15, 0.2) is 0 Å². The average Bonchev–Trinajstić information content (AvgIpc) is 3.05. The summed E-state index contributed by atoms with van der Waals surface area (Å²) in [5.74, 6) is 0.415. The molecule has 1 heterocycles. The van der Waals surface area contributed by atoms with E-state index in [0.717, 1.165) is 12.8 Å². The Kier molecular flexibility index (Phi) is 3.43. The number of thiophene rings is 1. The summed E-state index contributed by atoms with van der Waals surface area (Å²) < 4.78 is 0. The lowest BCUT2D eigenvalue weighted by Gasteiger charge is -2.06. The molecule has 1 fully saturated rings. The molecule has 0 saturated heterocycles. The maximum absolute atomic E-state index is 11.8. The molecular weight excluding hydrogens is 248 g/mol. The summed E-state index contributed by atoms with van der Waals surface area (Å²) in [5.41, 5.74) is 6.52.